The second-order valence-electron chi connectivity index (χ2n) is 4.12. The molecule has 0 aromatic rings. The Bertz CT molecular complexity index is 301. The summed E-state index contributed by atoms with van der Waals surface area (Å²) in [6.45, 7) is 4.69. The van der Waals surface area contributed by atoms with Crippen molar-refractivity contribution in [2.75, 3.05) is 13.1 Å². The second-order valence-corrected chi connectivity index (χ2v) is 5.71. The molecule has 0 unspecified atom stereocenters. The van der Waals surface area contributed by atoms with Gasteiger partial charge in [0.25, 0.3) is 10.2 Å². The van der Waals surface area contributed by atoms with Gasteiger partial charge in [0.15, 0.2) is 0 Å². The monoisotopic (exact) mass is 250 g/mol. The Labute approximate surface area is 97.7 Å². The summed E-state index contributed by atoms with van der Waals surface area (Å²) in [5.74, 6) is 0.426. The number of hydrogen-bond acceptors (Lipinski definition) is 3. The molecule has 0 spiro atoms. The SMILES string of the molecule is CC(C)CNS(=O)(=O)NCCCCC(=N)N. The zero-order valence-electron chi connectivity index (χ0n) is 9.91. The average molecular weight is 250 g/mol. The third kappa shape index (κ3) is 9.88. The molecule has 96 valence electrons. The minimum atomic E-state index is -3.36. The van der Waals surface area contributed by atoms with Gasteiger partial charge in [-0.25, -0.2) is 9.44 Å². The Balaban J connectivity index is 3.62. The van der Waals surface area contributed by atoms with E-state index >= 15 is 0 Å². The maximum atomic E-state index is 11.3. The Morgan fingerprint density at radius 3 is 2.44 bits per heavy atom. The molecule has 0 radical (unpaired) electrons. The quantitative estimate of drug-likeness (QED) is 0.266. The van der Waals surface area contributed by atoms with Gasteiger partial charge in [-0.15, -0.1) is 0 Å². The maximum absolute atomic E-state index is 11.3. The van der Waals surface area contributed by atoms with Crippen molar-refractivity contribution < 1.29 is 8.42 Å². The zero-order chi connectivity index (χ0) is 12.6. The van der Waals surface area contributed by atoms with E-state index in [0.29, 0.717) is 25.9 Å². The Morgan fingerprint density at radius 1 is 1.31 bits per heavy atom. The summed E-state index contributed by atoms with van der Waals surface area (Å²) in [6, 6.07) is 0. The van der Waals surface area contributed by atoms with Crippen LogP contribution in [0.4, 0.5) is 0 Å². The third-order valence-corrected chi connectivity index (χ3v) is 2.98. The molecule has 0 fully saturated rings. The highest BCUT2D eigenvalue weighted by Gasteiger charge is 2.08. The van der Waals surface area contributed by atoms with Crippen molar-refractivity contribution in [3.63, 3.8) is 0 Å². The summed E-state index contributed by atoms with van der Waals surface area (Å²) in [6.07, 6.45) is 1.92. The highest BCUT2D eigenvalue weighted by Crippen LogP contribution is 1.94. The first-order valence-corrected chi connectivity index (χ1v) is 6.89. The van der Waals surface area contributed by atoms with Crippen LogP contribution in [0.2, 0.25) is 0 Å². The van der Waals surface area contributed by atoms with Gasteiger partial charge in [0, 0.05) is 19.5 Å². The number of amidine groups is 1. The molecule has 7 heteroatoms. The van der Waals surface area contributed by atoms with Crippen LogP contribution < -0.4 is 15.2 Å². The Hall–Kier alpha value is -0.660. The van der Waals surface area contributed by atoms with Crippen molar-refractivity contribution in [3.8, 4) is 0 Å². The topological polar surface area (TPSA) is 108 Å². The van der Waals surface area contributed by atoms with Crippen LogP contribution in [-0.2, 0) is 10.2 Å². The fourth-order valence-corrected chi connectivity index (χ4v) is 2.04. The lowest BCUT2D eigenvalue weighted by molar-refractivity contribution is 0.544. The molecule has 6 nitrogen and oxygen atoms in total. The standard InChI is InChI=1S/C9H22N4O2S/c1-8(2)7-13-16(14,15)12-6-4-3-5-9(10)11/h8,12-13H,3-7H2,1-2H3,(H3,10,11). The van der Waals surface area contributed by atoms with E-state index in [2.05, 4.69) is 9.44 Å². The molecule has 0 bridgehead atoms. The highest BCUT2D eigenvalue weighted by molar-refractivity contribution is 7.87. The van der Waals surface area contributed by atoms with Crippen molar-refractivity contribution in [2.24, 2.45) is 11.7 Å². The predicted molar refractivity (Wildman–Crippen MR) is 65.5 cm³/mol. The summed E-state index contributed by atoms with van der Waals surface area (Å²) in [5, 5.41) is 6.99. The van der Waals surface area contributed by atoms with E-state index in [4.69, 9.17) is 11.1 Å². The molecule has 0 atom stereocenters. The molecular weight excluding hydrogens is 228 g/mol. The summed E-state index contributed by atoms with van der Waals surface area (Å²) in [5.41, 5.74) is 5.17. The van der Waals surface area contributed by atoms with Gasteiger partial charge in [-0.2, -0.15) is 8.42 Å². The van der Waals surface area contributed by atoms with Crippen molar-refractivity contribution in [1.29, 1.82) is 5.41 Å². The molecule has 0 aromatic heterocycles. The van der Waals surface area contributed by atoms with Crippen molar-refractivity contribution in [3.05, 3.63) is 0 Å². The first-order valence-electron chi connectivity index (χ1n) is 5.40. The van der Waals surface area contributed by atoms with Crippen LogP contribution in [-0.4, -0.2) is 27.3 Å². The molecule has 0 rings (SSSR count). The smallest absolute Gasteiger partial charge is 0.276 e. The van der Waals surface area contributed by atoms with Gasteiger partial charge in [-0.3, -0.25) is 5.41 Å². The Morgan fingerprint density at radius 2 is 1.94 bits per heavy atom. The first-order chi connectivity index (χ1) is 7.33. The number of nitrogens with two attached hydrogens (primary N) is 1. The molecule has 0 aliphatic rings. The van der Waals surface area contributed by atoms with E-state index in [0.717, 1.165) is 6.42 Å². The zero-order valence-corrected chi connectivity index (χ0v) is 10.7. The molecule has 5 N–H and O–H groups in total. The Kier molecular flexibility index (Phi) is 7.27. The van der Waals surface area contributed by atoms with Gasteiger partial charge in [0.1, 0.15) is 0 Å². The van der Waals surface area contributed by atoms with Crippen molar-refractivity contribution in [2.45, 2.75) is 33.1 Å². The molecule has 16 heavy (non-hydrogen) atoms. The summed E-state index contributed by atoms with van der Waals surface area (Å²) >= 11 is 0. The minimum absolute atomic E-state index is 0.140. The highest BCUT2D eigenvalue weighted by atomic mass is 32.2. The summed E-state index contributed by atoms with van der Waals surface area (Å²) < 4.78 is 27.6. The molecule has 0 saturated carbocycles. The molecule has 0 aliphatic heterocycles. The van der Waals surface area contributed by atoms with Crippen LogP contribution in [0.3, 0.4) is 0 Å². The minimum Gasteiger partial charge on any atom is -0.388 e. The molecule has 0 aromatic carbocycles. The van der Waals surface area contributed by atoms with Gasteiger partial charge < -0.3 is 5.73 Å². The van der Waals surface area contributed by atoms with Gasteiger partial charge in [0.2, 0.25) is 0 Å². The van der Waals surface area contributed by atoms with Crippen LogP contribution in [0.1, 0.15) is 33.1 Å². The first kappa shape index (κ1) is 15.3. The number of nitrogens with one attached hydrogen (secondary N) is 3. The molecule has 0 amide bonds. The third-order valence-electron chi connectivity index (χ3n) is 1.85. The van der Waals surface area contributed by atoms with Crippen LogP contribution in [0, 0.1) is 11.3 Å². The summed E-state index contributed by atoms with van der Waals surface area (Å²) in [7, 11) is -3.36. The largest absolute Gasteiger partial charge is 0.388 e. The van der Waals surface area contributed by atoms with Gasteiger partial charge >= 0.3 is 0 Å². The van der Waals surface area contributed by atoms with E-state index in [1.807, 2.05) is 13.8 Å². The fraction of sp³-hybridized carbons (Fsp3) is 0.889. The number of rotatable bonds is 9. The average Bonchev–Trinajstić information content (AvgIpc) is 2.14. The summed E-state index contributed by atoms with van der Waals surface area (Å²) in [4.78, 5) is 0. The van der Waals surface area contributed by atoms with Gasteiger partial charge in [0.05, 0.1) is 5.84 Å². The van der Waals surface area contributed by atoms with E-state index in [1.165, 1.54) is 0 Å². The second kappa shape index (κ2) is 7.59. The molecule has 0 aliphatic carbocycles. The lowest BCUT2D eigenvalue weighted by Crippen LogP contribution is -2.38. The lowest BCUT2D eigenvalue weighted by Gasteiger charge is -2.09. The van der Waals surface area contributed by atoms with Gasteiger partial charge in [-0.05, 0) is 18.8 Å². The normalized spacial score (nSPS) is 11.9. The van der Waals surface area contributed by atoms with Crippen LogP contribution in [0.25, 0.3) is 0 Å². The number of hydrogen-bond donors (Lipinski definition) is 4. The molecular formula is C9H22N4O2S. The van der Waals surface area contributed by atoms with E-state index in [1.54, 1.807) is 0 Å². The lowest BCUT2D eigenvalue weighted by atomic mass is 10.2. The predicted octanol–water partition coefficient (Wildman–Crippen LogP) is 0.173. The van der Waals surface area contributed by atoms with Crippen molar-refractivity contribution >= 4 is 16.0 Å². The van der Waals surface area contributed by atoms with E-state index < -0.39 is 10.2 Å². The van der Waals surface area contributed by atoms with E-state index in [9.17, 15) is 8.42 Å². The van der Waals surface area contributed by atoms with Crippen LogP contribution in [0.15, 0.2) is 0 Å². The van der Waals surface area contributed by atoms with Crippen LogP contribution in [0.5, 0.6) is 0 Å². The van der Waals surface area contributed by atoms with Gasteiger partial charge in [-0.1, -0.05) is 13.8 Å². The molecule has 0 saturated heterocycles. The number of unbranched alkanes of at least 4 members (excludes halogenated alkanes) is 1. The van der Waals surface area contributed by atoms with Crippen LogP contribution >= 0.6 is 0 Å². The maximum Gasteiger partial charge on any atom is 0.276 e. The fourth-order valence-electron chi connectivity index (χ4n) is 0.974. The van der Waals surface area contributed by atoms with E-state index in [-0.39, 0.29) is 11.8 Å². The van der Waals surface area contributed by atoms with Crippen molar-refractivity contribution in [1.82, 2.24) is 9.44 Å². The molecule has 0 heterocycles.